The van der Waals surface area contributed by atoms with Gasteiger partial charge in [-0.3, -0.25) is 0 Å². The van der Waals surface area contributed by atoms with Crippen molar-refractivity contribution < 1.29 is 0 Å². The third kappa shape index (κ3) is 1.97. The van der Waals surface area contributed by atoms with Gasteiger partial charge in [0, 0.05) is 15.5 Å². The maximum atomic E-state index is 6.14. The zero-order valence-electron chi connectivity index (χ0n) is 8.00. The Morgan fingerprint density at radius 2 is 2.29 bits per heavy atom. The zero-order chi connectivity index (χ0) is 10.3. The Hall–Kier alpha value is -0.0500. The lowest BCUT2D eigenvalue weighted by Gasteiger charge is -2.06. The van der Waals surface area contributed by atoms with Crippen LogP contribution < -0.4 is 5.73 Å². The van der Waals surface area contributed by atoms with Crippen molar-refractivity contribution in [1.29, 1.82) is 0 Å². The Morgan fingerprint density at radius 1 is 1.57 bits per heavy atom. The summed E-state index contributed by atoms with van der Waals surface area (Å²) in [6, 6.07) is 6.29. The number of benzene rings is 1. The molecule has 1 saturated carbocycles. The molecule has 3 heteroatoms. The average molecular weight is 275 g/mol. The maximum Gasteiger partial charge on any atom is 0.0441 e. The summed E-state index contributed by atoms with van der Waals surface area (Å²) in [5, 5.41) is 0.862. The van der Waals surface area contributed by atoms with Gasteiger partial charge in [0.1, 0.15) is 0 Å². The molecule has 0 bridgehead atoms. The van der Waals surface area contributed by atoms with Gasteiger partial charge in [0.25, 0.3) is 0 Å². The molecule has 3 atom stereocenters. The topological polar surface area (TPSA) is 26.0 Å². The van der Waals surface area contributed by atoms with Crippen molar-refractivity contribution in [1.82, 2.24) is 0 Å². The highest BCUT2D eigenvalue weighted by Gasteiger charge is 2.41. The van der Waals surface area contributed by atoms with E-state index < -0.39 is 0 Å². The Balaban J connectivity index is 2.22. The number of halogens is 2. The van der Waals surface area contributed by atoms with Crippen LogP contribution in [0, 0.1) is 5.92 Å². The van der Waals surface area contributed by atoms with E-state index in [-0.39, 0.29) is 6.04 Å². The van der Waals surface area contributed by atoms with E-state index in [4.69, 9.17) is 17.3 Å². The molecule has 1 aliphatic carbocycles. The fourth-order valence-corrected chi connectivity index (χ4v) is 2.59. The molecular formula is C11H13BrClN. The molecule has 1 aromatic rings. The predicted molar refractivity (Wildman–Crippen MR) is 63.6 cm³/mol. The van der Waals surface area contributed by atoms with Crippen LogP contribution in [0.15, 0.2) is 22.7 Å². The van der Waals surface area contributed by atoms with Crippen LogP contribution in [0.4, 0.5) is 0 Å². The quantitative estimate of drug-likeness (QED) is 0.877. The summed E-state index contributed by atoms with van der Waals surface area (Å²) in [7, 11) is 0. The van der Waals surface area contributed by atoms with Crippen LogP contribution in [0.1, 0.15) is 24.8 Å². The molecule has 1 nitrogen and oxygen atoms in total. The number of hydrogen-bond acceptors (Lipinski definition) is 1. The number of nitrogens with two attached hydrogens (primary N) is 1. The first-order chi connectivity index (χ1) is 6.59. The second-order valence-corrected chi connectivity index (χ2v) is 5.35. The van der Waals surface area contributed by atoms with Crippen LogP contribution in [0.3, 0.4) is 0 Å². The summed E-state index contributed by atoms with van der Waals surface area (Å²) < 4.78 is 1.09. The van der Waals surface area contributed by atoms with Gasteiger partial charge in [-0.05, 0) is 48.9 Å². The molecule has 1 aromatic carbocycles. The third-order valence-electron chi connectivity index (χ3n) is 2.87. The molecule has 0 heterocycles. The number of hydrogen-bond donors (Lipinski definition) is 1. The van der Waals surface area contributed by atoms with Crippen molar-refractivity contribution in [3.63, 3.8) is 0 Å². The van der Waals surface area contributed by atoms with Gasteiger partial charge in [-0.1, -0.05) is 27.5 Å². The van der Waals surface area contributed by atoms with Crippen molar-refractivity contribution in [2.45, 2.75) is 25.3 Å². The van der Waals surface area contributed by atoms with E-state index in [2.05, 4.69) is 28.9 Å². The third-order valence-corrected chi connectivity index (χ3v) is 3.71. The SMILES string of the molecule is CC(N)C1CC1c1cc(Br)ccc1Cl. The Morgan fingerprint density at radius 3 is 2.86 bits per heavy atom. The predicted octanol–water partition coefficient (Wildman–Crippen LogP) is 3.55. The van der Waals surface area contributed by atoms with Gasteiger partial charge in [-0.25, -0.2) is 0 Å². The molecule has 2 rings (SSSR count). The summed E-state index contributed by atoms with van der Waals surface area (Å²) in [4.78, 5) is 0. The van der Waals surface area contributed by atoms with Crippen molar-refractivity contribution in [3.05, 3.63) is 33.3 Å². The smallest absolute Gasteiger partial charge is 0.0441 e. The van der Waals surface area contributed by atoms with Crippen LogP contribution in [-0.2, 0) is 0 Å². The van der Waals surface area contributed by atoms with Crippen LogP contribution in [0.5, 0.6) is 0 Å². The van der Waals surface area contributed by atoms with Crippen molar-refractivity contribution in [3.8, 4) is 0 Å². The van der Waals surface area contributed by atoms with E-state index >= 15 is 0 Å². The Bertz CT molecular complexity index is 351. The lowest BCUT2D eigenvalue weighted by Crippen LogP contribution is -2.17. The minimum atomic E-state index is 0.273. The van der Waals surface area contributed by atoms with Gasteiger partial charge in [-0.2, -0.15) is 0 Å². The molecule has 0 saturated heterocycles. The highest BCUT2D eigenvalue weighted by molar-refractivity contribution is 9.10. The molecule has 0 amide bonds. The van der Waals surface area contributed by atoms with Crippen LogP contribution in [-0.4, -0.2) is 6.04 Å². The molecular weight excluding hydrogens is 261 g/mol. The summed E-state index contributed by atoms with van der Waals surface area (Å²) in [6.07, 6.45) is 1.17. The van der Waals surface area contributed by atoms with Gasteiger partial charge < -0.3 is 5.73 Å². The molecule has 2 N–H and O–H groups in total. The van der Waals surface area contributed by atoms with Crippen molar-refractivity contribution >= 4 is 27.5 Å². The van der Waals surface area contributed by atoms with Gasteiger partial charge >= 0.3 is 0 Å². The second kappa shape index (κ2) is 3.84. The molecule has 14 heavy (non-hydrogen) atoms. The van der Waals surface area contributed by atoms with Gasteiger partial charge in [0.2, 0.25) is 0 Å². The summed E-state index contributed by atoms with van der Waals surface area (Å²) in [6.45, 7) is 2.07. The highest BCUT2D eigenvalue weighted by atomic mass is 79.9. The maximum absolute atomic E-state index is 6.14. The highest BCUT2D eigenvalue weighted by Crippen LogP contribution is 2.51. The average Bonchev–Trinajstić information content (AvgIpc) is 2.88. The lowest BCUT2D eigenvalue weighted by molar-refractivity contribution is 0.631. The van der Waals surface area contributed by atoms with E-state index in [1.54, 1.807) is 0 Å². The summed E-state index contributed by atoms with van der Waals surface area (Å²) >= 11 is 9.60. The van der Waals surface area contributed by atoms with E-state index in [1.807, 2.05) is 12.1 Å². The van der Waals surface area contributed by atoms with E-state index in [0.717, 1.165) is 9.50 Å². The van der Waals surface area contributed by atoms with Crippen molar-refractivity contribution in [2.75, 3.05) is 0 Å². The van der Waals surface area contributed by atoms with Crippen LogP contribution >= 0.6 is 27.5 Å². The molecule has 1 fully saturated rings. The fourth-order valence-electron chi connectivity index (χ4n) is 1.95. The summed E-state index contributed by atoms with van der Waals surface area (Å²) in [5.74, 6) is 1.18. The number of rotatable bonds is 2. The van der Waals surface area contributed by atoms with Crippen LogP contribution in [0.2, 0.25) is 5.02 Å². The second-order valence-electron chi connectivity index (χ2n) is 4.03. The minimum absolute atomic E-state index is 0.273. The van der Waals surface area contributed by atoms with Gasteiger partial charge in [0.15, 0.2) is 0 Å². The largest absolute Gasteiger partial charge is 0.328 e. The zero-order valence-corrected chi connectivity index (χ0v) is 10.3. The molecule has 76 valence electrons. The first-order valence-corrected chi connectivity index (χ1v) is 5.97. The van der Waals surface area contributed by atoms with Crippen molar-refractivity contribution in [2.24, 2.45) is 11.7 Å². The van der Waals surface area contributed by atoms with E-state index in [0.29, 0.717) is 11.8 Å². The first kappa shape index (κ1) is 10.5. The molecule has 3 unspecified atom stereocenters. The first-order valence-electron chi connectivity index (χ1n) is 4.80. The molecule has 0 aromatic heterocycles. The molecule has 1 aliphatic rings. The standard InChI is InChI=1S/C11H13BrClN/c1-6(14)8-5-9(8)10-4-7(12)2-3-11(10)13/h2-4,6,8-9H,5,14H2,1H3. The molecule has 0 spiro atoms. The van der Waals surface area contributed by atoms with E-state index in [9.17, 15) is 0 Å². The lowest BCUT2D eigenvalue weighted by atomic mass is 10.1. The minimum Gasteiger partial charge on any atom is -0.328 e. The fraction of sp³-hybridized carbons (Fsp3) is 0.455. The monoisotopic (exact) mass is 273 g/mol. The van der Waals surface area contributed by atoms with E-state index in [1.165, 1.54) is 12.0 Å². The summed E-state index contributed by atoms with van der Waals surface area (Å²) in [5.41, 5.74) is 7.10. The molecule has 0 aliphatic heterocycles. The molecule has 0 radical (unpaired) electrons. The Labute approximate surface area is 97.8 Å². The Kier molecular flexibility index (Phi) is 2.87. The normalized spacial score (nSPS) is 27.4. The van der Waals surface area contributed by atoms with Gasteiger partial charge in [-0.15, -0.1) is 0 Å². The van der Waals surface area contributed by atoms with Crippen LogP contribution in [0.25, 0.3) is 0 Å². The van der Waals surface area contributed by atoms with Gasteiger partial charge in [0.05, 0.1) is 0 Å².